The number of carbonyl (C=O) groups excluding carboxylic acids is 3. The predicted octanol–water partition coefficient (Wildman–Crippen LogP) is 4.14. The van der Waals surface area contributed by atoms with Gasteiger partial charge in [-0.1, -0.05) is 36.4 Å². The first kappa shape index (κ1) is 22.9. The molecule has 1 N–H and O–H groups in total. The summed E-state index contributed by atoms with van der Waals surface area (Å²) >= 11 is 1.17. The second kappa shape index (κ2) is 9.07. The molecule has 2 aliphatic heterocycles. The van der Waals surface area contributed by atoms with E-state index in [-0.39, 0.29) is 18.2 Å². The number of amides is 3. The molecule has 1 spiro atoms. The third kappa shape index (κ3) is 3.81. The van der Waals surface area contributed by atoms with Crippen molar-refractivity contribution in [2.75, 3.05) is 34.0 Å². The van der Waals surface area contributed by atoms with Gasteiger partial charge in [-0.25, -0.2) is 4.39 Å². The molecular weight excluding hydrogens is 469 g/mol. The molecule has 9 heteroatoms. The highest BCUT2D eigenvalue weighted by atomic mass is 32.2. The lowest BCUT2D eigenvalue weighted by Crippen LogP contribution is -2.50. The van der Waals surface area contributed by atoms with E-state index in [2.05, 4.69) is 5.32 Å². The Morgan fingerprint density at radius 2 is 1.86 bits per heavy atom. The molecule has 1 fully saturated rings. The van der Waals surface area contributed by atoms with E-state index < -0.39 is 22.5 Å². The van der Waals surface area contributed by atoms with Gasteiger partial charge in [-0.2, -0.15) is 0 Å². The molecule has 0 unspecified atom stereocenters. The highest BCUT2D eigenvalue weighted by Crippen LogP contribution is 2.55. The number of ether oxygens (including phenoxy) is 1. The van der Waals surface area contributed by atoms with Gasteiger partial charge < -0.3 is 10.1 Å². The van der Waals surface area contributed by atoms with Crippen molar-refractivity contribution in [2.24, 2.45) is 0 Å². The van der Waals surface area contributed by atoms with Gasteiger partial charge in [-0.15, -0.1) is 11.8 Å². The largest absolute Gasteiger partial charge is 0.492 e. The molecule has 178 valence electrons. The van der Waals surface area contributed by atoms with E-state index in [1.54, 1.807) is 54.6 Å². The van der Waals surface area contributed by atoms with Crippen LogP contribution in [0.25, 0.3) is 0 Å². The number of hydrogen-bond acceptors (Lipinski definition) is 5. The van der Waals surface area contributed by atoms with Gasteiger partial charge in [-0.05, 0) is 43.3 Å². The minimum atomic E-state index is -1.41. The standard InChI is InChI=1S/C26H22FN3O4S/c1-2-34-22-13-6-4-11-20(22)28-23(31)15-29-21-12-5-3-10-19(21)26(25(29)33)30(24(32)16-35-26)18-9-7-8-17(27)14-18/h3-14H,2,15-16H2,1H3,(H,28,31)/t26-/m1/s1. The monoisotopic (exact) mass is 491 g/mol. The van der Waals surface area contributed by atoms with Crippen molar-refractivity contribution in [3.8, 4) is 5.75 Å². The molecule has 0 aromatic heterocycles. The first-order valence-electron chi connectivity index (χ1n) is 11.1. The van der Waals surface area contributed by atoms with Gasteiger partial charge in [0.05, 0.1) is 23.7 Å². The van der Waals surface area contributed by atoms with E-state index >= 15 is 0 Å². The Morgan fingerprint density at radius 3 is 2.66 bits per heavy atom. The summed E-state index contributed by atoms with van der Waals surface area (Å²) < 4.78 is 19.6. The van der Waals surface area contributed by atoms with Gasteiger partial charge in [0.25, 0.3) is 5.91 Å². The number of fused-ring (bicyclic) bond motifs is 2. The predicted molar refractivity (Wildman–Crippen MR) is 133 cm³/mol. The molecule has 2 heterocycles. The van der Waals surface area contributed by atoms with Gasteiger partial charge >= 0.3 is 0 Å². The number of thioether (sulfide) groups is 1. The van der Waals surface area contributed by atoms with Gasteiger partial charge in [0.1, 0.15) is 18.1 Å². The molecule has 3 amide bonds. The Morgan fingerprint density at radius 1 is 1.09 bits per heavy atom. The molecule has 1 saturated heterocycles. The van der Waals surface area contributed by atoms with Crippen LogP contribution in [-0.2, 0) is 19.3 Å². The fraction of sp³-hybridized carbons (Fsp3) is 0.192. The smallest absolute Gasteiger partial charge is 0.269 e. The maximum atomic E-state index is 14.1. The van der Waals surface area contributed by atoms with E-state index in [4.69, 9.17) is 4.74 Å². The highest BCUT2D eigenvalue weighted by Gasteiger charge is 2.61. The SMILES string of the molecule is CCOc1ccccc1NC(=O)CN1C(=O)[C@]2(SCC(=O)N2c2cccc(F)c2)c2ccccc21. The van der Waals surface area contributed by atoms with Crippen molar-refractivity contribution in [1.82, 2.24) is 0 Å². The number of para-hydroxylation sites is 3. The summed E-state index contributed by atoms with van der Waals surface area (Å²) in [5.41, 5.74) is 1.92. The summed E-state index contributed by atoms with van der Waals surface area (Å²) in [5.74, 6) is -1.07. The molecule has 0 radical (unpaired) electrons. The van der Waals surface area contributed by atoms with E-state index in [1.165, 1.54) is 39.8 Å². The van der Waals surface area contributed by atoms with Gasteiger partial charge in [-0.3, -0.25) is 24.2 Å². The average molecular weight is 492 g/mol. The van der Waals surface area contributed by atoms with Gasteiger partial charge in [0, 0.05) is 11.3 Å². The molecule has 7 nitrogen and oxygen atoms in total. The molecular formula is C26H22FN3O4S. The van der Waals surface area contributed by atoms with Crippen LogP contribution in [0.5, 0.6) is 5.75 Å². The molecule has 5 rings (SSSR count). The first-order valence-corrected chi connectivity index (χ1v) is 12.1. The van der Waals surface area contributed by atoms with Crippen LogP contribution in [0.15, 0.2) is 72.8 Å². The number of nitrogens with one attached hydrogen (secondary N) is 1. The first-order chi connectivity index (χ1) is 17.0. The second-order valence-corrected chi connectivity index (χ2v) is 9.20. The van der Waals surface area contributed by atoms with Gasteiger partial charge in [0.15, 0.2) is 0 Å². The maximum absolute atomic E-state index is 14.1. The fourth-order valence-corrected chi connectivity index (χ4v) is 5.87. The summed E-state index contributed by atoms with van der Waals surface area (Å²) in [5, 5.41) is 2.82. The lowest BCUT2D eigenvalue weighted by atomic mass is 10.0. The second-order valence-electron chi connectivity index (χ2n) is 8.03. The summed E-state index contributed by atoms with van der Waals surface area (Å²) in [4.78, 5) is 41.3. The Bertz CT molecular complexity index is 1330. The summed E-state index contributed by atoms with van der Waals surface area (Å²) in [6.07, 6.45) is 0. The number of nitrogens with zero attached hydrogens (tertiary/aromatic N) is 2. The minimum absolute atomic E-state index is 0.0539. The average Bonchev–Trinajstić information content (AvgIpc) is 3.31. The minimum Gasteiger partial charge on any atom is -0.492 e. The number of carbonyl (C=O) groups is 3. The number of hydrogen-bond donors (Lipinski definition) is 1. The quantitative estimate of drug-likeness (QED) is 0.561. The van der Waals surface area contributed by atoms with Crippen molar-refractivity contribution in [2.45, 2.75) is 11.8 Å². The van der Waals surface area contributed by atoms with Crippen LogP contribution in [0.3, 0.4) is 0 Å². The zero-order valence-corrected chi connectivity index (χ0v) is 19.7. The van der Waals surface area contributed by atoms with Crippen molar-refractivity contribution in [3.63, 3.8) is 0 Å². The topological polar surface area (TPSA) is 79.0 Å². The summed E-state index contributed by atoms with van der Waals surface area (Å²) in [6, 6.07) is 19.8. The Labute approximate surface area is 205 Å². The van der Waals surface area contributed by atoms with Crippen LogP contribution < -0.4 is 19.9 Å². The molecule has 3 aromatic carbocycles. The third-order valence-corrected chi connectivity index (χ3v) is 7.28. The fourth-order valence-electron chi connectivity index (χ4n) is 4.51. The normalized spacial score (nSPS) is 18.8. The van der Waals surface area contributed by atoms with E-state index in [1.807, 2.05) is 6.92 Å². The van der Waals surface area contributed by atoms with Crippen molar-refractivity contribution < 1.29 is 23.5 Å². The summed E-state index contributed by atoms with van der Waals surface area (Å²) in [7, 11) is 0. The molecule has 1 atom stereocenters. The highest BCUT2D eigenvalue weighted by molar-refractivity contribution is 8.02. The van der Waals surface area contributed by atoms with E-state index in [0.29, 0.717) is 35.0 Å². The Hall–Kier alpha value is -3.85. The van der Waals surface area contributed by atoms with E-state index in [0.717, 1.165) is 0 Å². The van der Waals surface area contributed by atoms with Crippen molar-refractivity contribution >= 4 is 46.5 Å². The molecule has 2 aliphatic rings. The van der Waals surface area contributed by atoms with Crippen LogP contribution in [0.2, 0.25) is 0 Å². The number of benzene rings is 3. The molecule has 3 aromatic rings. The molecule has 0 bridgehead atoms. The van der Waals surface area contributed by atoms with Crippen LogP contribution in [-0.4, -0.2) is 36.6 Å². The van der Waals surface area contributed by atoms with Crippen LogP contribution in [0.4, 0.5) is 21.5 Å². The third-order valence-electron chi connectivity index (χ3n) is 5.89. The lowest BCUT2D eigenvalue weighted by Gasteiger charge is -2.33. The van der Waals surface area contributed by atoms with Crippen LogP contribution in [0.1, 0.15) is 12.5 Å². The zero-order chi connectivity index (χ0) is 24.6. The number of rotatable bonds is 6. The molecule has 35 heavy (non-hydrogen) atoms. The van der Waals surface area contributed by atoms with Crippen molar-refractivity contribution in [3.05, 3.63) is 84.2 Å². The molecule has 0 saturated carbocycles. The zero-order valence-electron chi connectivity index (χ0n) is 18.9. The van der Waals surface area contributed by atoms with Gasteiger partial charge in [0.2, 0.25) is 16.7 Å². The summed E-state index contributed by atoms with van der Waals surface area (Å²) in [6.45, 7) is 2.03. The Balaban J connectivity index is 1.49. The van der Waals surface area contributed by atoms with Crippen LogP contribution >= 0.6 is 11.8 Å². The lowest BCUT2D eigenvalue weighted by molar-refractivity contribution is -0.124. The maximum Gasteiger partial charge on any atom is 0.269 e. The number of halogens is 1. The van der Waals surface area contributed by atoms with E-state index in [9.17, 15) is 18.8 Å². The Kier molecular flexibility index (Phi) is 5.94. The van der Waals surface area contributed by atoms with Crippen LogP contribution in [0, 0.1) is 5.82 Å². The van der Waals surface area contributed by atoms with Crippen molar-refractivity contribution in [1.29, 1.82) is 0 Å². The number of anilines is 3. The molecule has 0 aliphatic carbocycles.